The second-order valence-corrected chi connectivity index (χ2v) is 15.2. The highest BCUT2D eigenvalue weighted by Gasteiger charge is 2.45. The molecule has 1 aromatic rings. The van der Waals surface area contributed by atoms with Gasteiger partial charge in [0.1, 0.15) is 0 Å². The predicted molar refractivity (Wildman–Crippen MR) is 198 cm³/mol. The first kappa shape index (κ1) is 39.6. The molecule has 1 aliphatic carbocycles. The van der Waals surface area contributed by atoms with Crippen LogP contribution in [0.3, 0.4) is 0 Å². The number of benzene rings is 1. The molecule has 5 aliphatic rings. The van der Waals surface area contributed by atoms with E-state index in [-0.39, 0.29) is 61.3 Å². The smallest absolute Gasteiger partial charge is 0.308 e. The second-order valence-electron chi connectivity index (χ2n) is 15.2. The van der Waals surface area contributed by atoms with Gasteiger partial charge in [-0.1, -0.05) is 54.6 Å². The lowest BCUT2D eigenvalue weighted by atomic mass is 9.89. The van der Waals surface area contributed by atoms with Crippen LogP contribution in [0.2, 0.25) is 0 Å². The van der Waals surface area contributed by atoms with E-state index < -0.39 is 0 Å². The first-order valence-electron chi connectivity index (χ1n) is 20.7. The standard InChI is InChI=1S/C43H64O9/c44-39(52-43-23-11-15-31-48-43)19-7-2-1-6-18-35-36(27-26-34(49-40-20-8-12-28-45-40)25-24-33-16-4-3-5-17-33)38(51-42-22-10-14-30-47-42)32-37(35)50-41-21-9-13-29-46-41/h1,3-6,16-17,26-27,34-38,40-43H,2,7-15,18-25,28-32H2/b6-1-,27-26+/t34-,35+,36+,37-,38+,40?,41?,42?,43?/m0/s1. The van der Waals surface area contributed by atoms with E-state index >= 15 is 0 Å². The molecular weight excluding hydrogens is 660 g/mol. The summed E-state index contributed by atoms with van der Waals surface area (Å²) in [6.45, 7) is 2.93. The van der Waals surface area contributed by atoms with Crippen LogP contribution < -0.4 is 0 Å². The van der Waals surface area contributed by atoms with Gasteiger partial charge in [-0.2, -0.15) is 0 Å². The molecule has 1 saturated carbocycles. The quantitative estimate of drug-likeness (QED) is 0.0838. The molecule has 0 spiro atoms. The van der Waals surface area contributed by atoms with Crippen molar-refractivity contribution < 1.29 is 42.7 Å². The number of carbonyl (C=O) groups excluding carboxylic acids is 1. The Morgan fingerprint density at radius 2 is 1.35 bits per heavy atom. The van der Waals surface area contributed by atoms with Crippen LogP contribution in [-0.2, 0) is 49.1 Å². The van der Waals surface area contributed by atoms with Gasteiger partial charge >= 0.3 is 5.97 Å². The molecule has 0 aromatic heterocycles. The molecule has 52 heavy (non-hydrogen) atoms. The van der Waals surface area contributed by atoms with Crippen LogP contribution in [0.25, 0.3) is 0 Å². The number of aryl methyl sites for hydroxylation is 1. The predicted octanol–water partition coefficient (Wildman–Crippen LogP) is 8.73. The highest BCUT2D eigenvalue weighted by Crippen LogP contribution is 2.42. The molecule has 9 nitrogen and oxygen atoms in total. The summed E-state index contributed by atoms with van der Waals surface area (Å²) in [6.07, 6.45) is 25.8. The molecule has 9 heteroatoms. The summed E-state index contributed by atoms with van der Waals surface area (Å²) in [4.78, 5) is 12.4. The molecule has 4 heterocycles. The fourth-order valence-electron chi connectivity index (χ4n) is 8.16. The third-order valence-corrected chi connectivity index (χ3v) is 11.1. The van der Waals surface area contributed by atoms with E-state index in [1.807, 2.05) is 0 Å². The summed E-state index contributed by atoms with van der Waals surface area (Å²) in [5, 5.41) is 0. The number of hydrogen-bond donors (Lipinski definition) is 0. The second kappa shape index (κ2) is 22.3. The fraction of sp³-hybridized carbons (Fsp3) is 0.744. The summed E-state index contributed by atoms with van der Waals surface area (Å²) in [7, 11) is 0. The zero-order valence-corrected chi connectivity index (χ0v) is 31.3. The van der Waals surface area contributed by atoms with Gasteiger partial charge in [0, 0.05) is 45.0 Å². The molecule has 5 fully saturated rings. The van der Waals surface area contributed by atoms with Gasteiger partial charge in [0.2, 0.25) is 6.29 Å². The third-order valence-electron chi connectivity index (χ3n) is 11.1. The zero-order valence-electron chi connectivity index (χ0n) is 31.3. The van der Waals surface area contributed by atoms with Crippen LogP contribution in [0.1, 0.15) is 121 Å². The molecule has 4 unspecified atom stereocenters. The normalized spacial score (nSPS) is 32.3. The van der Waals surface area contributed by atoms with Gasteiger partial charge in [-0.15, -0.1) is 0 Å². The van der Waals surface area contributed by atoms with E-state index in [0.717, 1.165) is 135 Å². The van der Waals surface area contributed by atoms with E-state index in [9.17, 15) is 4.79 Å². The van der Waals surface area contributed by atoms with Crippen molar-refractivity contribution in [1.29, 1.82) is 0 Å². The number of hydrogen-bond acceptors (Lipinski definition) is 9. The first-order valence-corrected chi connectivity index (χ1v) is 20.7. The minimum atomic E-state index is -0.373. The molecule has 1 aromatic carbocycles. The Kier molecular flexibility index (Phi) is 17.0. The van der Waals surface area contributed by atoms with Crippen LogP contribution in [0.15, 0.2) is 54.6 Å². The fourth-order valence-corrected chi connectivity index (χ4v) is 8.16. The van der Waals surface area contributed by atoms with Crippen LogP contribution in [0.5, 0.6) is 0 Å². The number of ether oxygens (including phenoxy) is 8. The summed E-state index contributed by atoms with van der Waals surface area (Å²) < 4.78 is 49.6. The van der Waals surface area contributed by atoms with Crippen molar-refractivity contribution in [2.45, 2.75) is 165 Å². The summed E-state index contributed by atoms with van der Waals surface area (Å²) >= 11 is 0. The lowest BCUT2D eigenvalue weighted by molar-refractivity contribution is -0.203. The molecule has 290 valence electrons. The van der Waals surface area contributed by atoms with Gasteiger partial charge in [0.05, 0.1) is 24.9 Å². The van der Waals surface area contributed by atoms with Crippen LogP contribution in [0.4, 0.5) is 0 Å². The molecule has 0 bridgehead atoms. The number of carbonyl (C=O) groups is 1. The summed E-state index contributed by atoms with van der Waals surface area (Å²) in [5.41, 5.74) is 1.31. The van der Waals surface area contributed by atoms with Crippen molar-refractivity contribution in [2.24, 2.45) is 11.8 Å². The minimum Gasteiger partial charge on any atom is -0.436 e. The van der Waals surface area contributed by atoms with Crippen LogP contribution in [0, 0.1) is 11.8 Å². The minimum absolute atomic E-state index is 0.00757. The van der Waals surface area contributed by atoms with Gasteiger partial charge in [-0.3, -0.25) is 4.79 Å². The molecule has 0 amide bonds. The van der Waals surface area contributed by atoms with Gasteiger partial charge in [-0.05, 0) is 114 Å². The van der Waals surface area contributed by atoms with Crippen molar-refractivity contribution in [1.82, 2.24) is 0 Å². The Labute approximate surface area is 312 Å². The molecule has 9 atom stereocenters. The Hall–Kier alpha value is -2.11. The topological polar surface area (TPSA) is 90.9 Å². The van der Waals surface area contributed by atoms with Gasteiger partial charge in [0.15, 0.2) is 18.9 Å². The van der Waals surface area contributed by atoms with Gasteiger partial charge < -0.3 is 37.9 Å². The molecule has 6 rings (SSSR count). The number of unbranched alkanes of at least 4 members (excludes halogenated alkanes) is 1. The average Bonchev–Trinajstić information content (AvgIpc) is 3.50. The Morgan fingerprint density at radius 3 is 1.98 bits per heavy atom. The molecule has 4 aliphatic heterocycles. The molecular formula is C43H64O9. The molecule has 4 saturated heterocycles. The van der Waals surface area contributed by atoms with Crippen LogP contribution >= 0.6 is 0 Å². The molecule has 0 N–H and O–H groups in total. The van der Waals surface area contributed by atoms with E-state index in [1.165, 1.54) is 5.56 Å². The van der Waals surface area contributed by atoms with Crippen molar-refractivity contribution in [3.8, 4) is 0 Å². The highest BCUT2D eigenvalue weighted by atomic mass is 16.7. The van der Waals surface area contributed by atoms with Gasteiger partial charge in [0.25, 0.3) is 0 Å². The zero-order chi connectivity index (χ0) is 35.6. The monoisotopic (exact) mass is 724 g/mol. The first-order chi connectivity index (χ1) is 25.7. The lowest BCUT2D eigenvalue weighted by Gasteiger charge is -2.30. The Morgan fingerprint density at radius 1 is 0.731 bits per heavy atom. The maximum atomic E-state index is 12.4. The Bertz CT molecular complexity index is 1180. The maximum Gasteiger partial charge on any atom is 0.308 e. The molecule has 0 radical (unpaired) electrons. The van der Waals surface area contributed by atoms with E-state index in [0.29, 0.717) is 13.0 Å². The van der Waals surface area contributed by atoms with Crippen molar-refractivity contribution >= 4 is 5.97 Å². The van der Waals surface area contributed by atoms with Crippen molar-refractivity contribution in [2.75, 3.05) is 26.4 Å². The van der Waals surface area contributed by atoms with E-state index in [4.69, 9.17) is 37.9 Å². The SMILES string of the molecule is O=C(CCC/C=C\C[C@@H]1[C@@H](/C=C/[C@H](CCc2ccccc2)OC2CCCCO2)[C@H](OC2CCCCO2)C[C@@H]1OC1CCCCO1)OC1CCCCO1. The summed E-state index contributed by atoms with van der Waals surface area (Å²) in [5.74, 6) is 0.139. The maximum absolute atomic E-state index is 12.4. The highest BCUT2D eigenvalue weighted by molar-refractivity contribution is 5.69. The third kappa shape index (κ3) is 13.3. The average molecular weight is 725 g/mol. The van der Waals surface area contributed by atoms with Crippen molar-refractivity contribution in [3.05, 3.63) is 60.2 Å². The van der Waals surface area contributed by atoms with Gasteiger partial charge in [-0.25, -0.2) is 0 Å². The van der Waals surface area contributed by atoms with Crippen LogP contribution in [-0.4, -0.2) is 75.9 Å². The van der Waals surface area contributed by atoms with E-state index in [1.54, 1.807) is 0 Å². The number of allylic oxidation sites excluding steroid dienone is 2. The summed E-state index contributed by atoms with van der Waals surface area (Å²) in [6, 6.07) is 10.6. The number of rotatable bonds is 18. The van der Waals surface area contributed by atoms with E-state index in [2.05, 4.69) is 54.6 Å². The number of esters is 1. The van der Waals surface area contributed by atoms with Crippen molar-refractivity contribution in [3.63, 3.8) is 0 Å². The largest absolute Gasteiger partial charge is 0.436 e. The Balaban J connectivity index is 1.14. The lowest BCUT2D eigenvalue weighted by Crippen LogP contribution is -2.31.